The first-order chi connectivity index (χ1) is 9.63. The molecule has 6 heteroatoms. The summed E-state index contributed by atoms with van der Waals surface area (Å²) in [5.74, 6) is -1.08. The van der Waals surface area contributed by atoms with Gasteiger partial charge in [0.2, 0.25) is 5.91 Å². The van der Waals surface area contributed by atoms with Crippen LogP contribution in [-0.2, 0) is 9.59 Å². The Morgan fingerprint density at radius 2 is 1.86 bits per heavy atom. The summed E-state index contributed by atoms with van der Waals surface area (Å²) < 4.78 is 0. The molecule has 21 heavy (non-hydrogen) atoms. The Kier molecular flexibility index (Phi) is 8.51. The first-order valence-electron chi connectivity index (χ1n) is 7.51. The van der Waals surface area contributed by atoms with Crippen molar-refractivity contribution in [2.75, 3.05) is 26.2 Å². The molecule has 0 fully saturated rings. The van der Waals surface area contributed by atoms with E-state index >= 15 is 0 Å². The molecule has 124 valence electrons. The Balaban J connectivity index is 4.74. The molecular formula is C15H30N2O4. The second kappa shape index (κ2) is 9.00. The second-order valence-electron chi connectivity index (χ2n) is 6.47. The number of aliphatic carboxylic acids is 1. The van der Waals surface area contributed by atoms with Crippen LogP contribution in [-0.4, -0.2) is 59.3 Å². The lowest BCUT2D eigenvalue weighted by Crippen LogP contribution is -2.51. The molecule has 0 saturated carbocycles. The van der Waals surface area contributed by atoms with Crippen LogP contribution < -0.4 is 5.32 Å². The van der Waals surface area contributed by atoms with Gasteiger partial charge in [-0.25, -0.2) is 4.79 Å². The summed E-state index contributed by atoms with van der Waals surface area (Å²) >= 11 is 0. The van der Waals surface area contributed by atoms with Gasteiger partial charge in [0.1, 0.15) is 6.04 Å². The van der Waals surface area contributed by atoms with E-state index < -0.39 is 17.4 Å². The average Bonchev–Trinajstić information content (AvgIpc) is 2.36. The van der Waals surface area contributed by atoms with Crippen molar-refractivity contribution in [3.8, 4) is 0 Å². The van der Waals surface area contributed by atoms with Gasteiger partial charge in [0, 0.05) is 13.1 Å². The minimum atomic E-state index is -1.00. The van der Waals surface area contributed by atoms with Crippen LogP contribution in [0.1, 0.15) is 41.0 Å². The van der Waals surface area contributed by atoms with E-state index in [1.165, 1.54) is 0 Å². The molecule has 0 aliphatic rings. The SMILES string of the molecule is CCN(CCO)CC(C)(C)C(=O)NC(CC(C)C)C(=O)O. The Bertz CT molecular complexity index is 343. The van der Waals surface area contributed by atoms with E-state index in [2.05, 4.69) is 5.32 Å². The zero-order valence-electron chi connectivity index (χ0n) is 13.8. The van der Waals surface area contributed by atoms with E-state index in [1.807, 2.05) is 25.7 Å². The summed E-state index contributed by atoms with van der Waals surface area (Å²) in [6.07, 6.45) is 0.408. The van der Waals surface area contributed by atoms with Gasteiger partial charge >= 0.3 is 5.97 Å². The van der Waals surface area contributed by atoms with Gasteiger partial charge < -0.3 is 20.4 Å². The van der Waals surface area contributed by atoms with Gasteiger partial charge in [-0.05, 0) is 32.7 Å². The normalized spacial score (nSPS) is 13.5. The van der Waals surface area contributed by atoms with Gasteiger partial charge in [0.05, 0.1) is 12.0 Å². The van der Waals surface area contributed by atoms with Crippen molar-refractivity contribution < 1.29 is 19.8 Å². The molecule has 0 aromatic rings. The minimum absolute atomic E-state index is 0.0383. The van der Waals surface area contributed by atoms with E-state index in [1.54, 1.807) is 13.8 Å². The second-order valence-corrected chi connectivity index (χ2v) is 6.47. The summed E-state index contributed by atoms with van der Waals surface area (Å²) in [7, 11) is 0. The van der Waals surface area contributed by atoms with Crippen molar-refractivity contribution in [1.29, 1.82) is 0 Å². The first kappa shape index (κ1) is 19.9. The molecular weight excluding hydrogens is 272 g/mol. The molecule has 0 saturated heterocycles. The highest BCUT2D eigenvalue weighted by atomic mass is 16.4. The van der Waals surface area contributed by atoms with Gasteiger partial charge in [-0.3, -0.25) is 4.79 Å². The van der Waals surface area contributed by atoms with Crippen molar-refractivity contribution in [1.82, 2.24) is 10.2 Å². The van der Waals surface area contributed by atoms with E-state index in [0.717, 1.165) is 6.54 Å². The molecule has 6 nitrogen and oxygen atoms in total. The maximum atomic E-state index is 12.4. The number of nitrogens with one attached hydrogen (secondary N) is 1. The van der Waals surface area contributed by atoms with E-state index in [9.17, 15) is 14.7 Å². The van der Waals surface area contributed by atoms with Crippen LogP contribution in [0.4, 0.5) is 0 Å². The lowest BCUT2D eigenvalue weighted by atomic mass is 9.90. The van der Waals surface area contributed by atoms with E-state index in [0.29, 0.717) is 19.5 Å². The summed E-state index contributed by atoms with van der Waals surface area (Å²) in [4.78, 5) is 25.5. The largest absolute Gasteiger partial charge is 0.480 e. The summed E-state index contributed by atoms with van der Waals surface area (Å²) in [5, 5.41) is 20.8. The van der Waals surface area contributed by atoms with Crippen molar-refractivity contribution >= 4 is 11.9 Å². The monoisotopic (exact) mass is 302 g/mol. The van der Waals surface area contributed by atoms with Gasteiger partial charge in [-0.15, -0.1) is 0 Å². The number of hydrogen-bond acceptors (Lipinski definition) is 4. The number of rotatable bonds is 10. The number of carbonyl (C=O) groups is 2. The maximum absolute atomic E-state index is 12.4. The molecule has 1 atom stereocenters. The third-order valence-electron chi connectivity index (χ3n) is 3.41. The van der Waals surface area contributed by atoms with Crippen LogP contribution in [0.3, 0.4) is 0 Å². The van der Waals surface area contributed by atoms with Crippen LogP contribution in [0, 0.1) is 11.3 Å². The van der Waals surface area contributed by atoms with Crippen LogP contribution >= 0.6 is 0 Å². The van der Waals surface area contributed by atoms with Crippen molar-refractivity contribution in [2.24, 2.45) is 11.3 Å². The molecule has 1 amide bonds. The van der Waals surface area contributed by atoms with Crippen LogP contribution in [0.25, 0.3) is 0 Å². The van der Waals surface area contributed by atoms with Crippen LogP contribution in [0.15, 0.2) is 0 Å². The standard InChI is InChI=1S/C15H30N2O4/c1-6-17(7-8-18)10-15(4,5)14(21)16-12(13(19)20)9-11(2)3/h11-12,18H,6-10H2,1-5H3,(H,16,21)(H,19,20). The molecule has 1 unspecified atom stereocenters. The highest BCUT2D eigenvalue weighted by Gasteiger charge is 2.32. The smallest absolute Gasteiger partial charge is 0.326 e. The Morgan fingerprint density at radius 1 is 1.29 bits per heavy atom. The fraction of sp³-hybridized carbons (Fsp3) is 0.867. The number of hydrogen-bond donors (Lipinski definition) is 3. The summed E-state index contributed by atoms with van der Waals surface area (Å²) in [5.41, 5.74) is -0.712. The van der Waals surface area contributed by atoms with Gasteiger partial charge in [0.15, 0.2) is 0 Å². The molecule has 0 spiro atoms. The molecule has 3 N–H and O–H groups in total. The third kappa shape index (κ3) is 7.43. The van der Waals surface area contributed by atoms with Crippen LogP contribution in [0.5, 0.6) is 0 Å². The number of nitrogens with zero attached hydrogens (tertiary/aromatic N) is 1. The molecule has 0 aliphatic carbocycles. The number of aliphatic hydroxyl groups is 1. The third-order valence-corrected chi connectivity index (χ3v) is 3.41. The molecule has 0 rings (SSSR count). The maximum Gasteiger partial charge on any atom is 0.326 e. The lowest BCUT2D eigenvalue weighted by Gasteiger charge is -2.31. The first-order valence-corrected chi connectivity index (χ1v) is 7.51. The van der Waals surface area contributed by atoms with E-state index in [4.69, 9.17) is 5.11 Å². The summed E-state index contributed by atoms with van der Waals surface area (Å²) in [6, 6.07) is -0.857. The fourth-order valence-corrected chi connectivity index (χ4v) is 2.17. The number of carbonyl (C=O) groups excluding carboxylic acids is 1. The molecule has 0 bridgehead atoms. The molecule has 0 aromatic heterocycles. The number of carboxylic acid groups (broad SMARTS) is 1. The number of amides is 1. The molecule has 0 aromatic carbocycles. The van der Waals surface area contributed by atoms with Crippen molar-refractivity contribution in [3.63, 3.8) is 0 Å². The number of aliphatic hydroxyl groups excluding tert-OH is 1. The molecule has 0 aliphatic heterocycles. The number of carboxylic acids is 1. The predicted molar refractivity (Wildman–Crippen MR) is 82.0 cm³/mol. The minimum Gasteiger partial charge on any atom is -0.480 e. The Labute approximate surface area is 127 Å². The highest BCUT2D eigenvalue weighted by Crippen LogP contribution is 2.18. The van der Waals surface area contributed by atoms with Crippen molar-refractivity contribution in [3.05, 3.63) is 0 Å². The fourth-order valence-electron chi connectivity index (χ4n) is 2.17. The van der Waals surface area contributed by atoms with E-state index in [-0.39, 0.29) is 18.4 Å². The van der Waals surface area contributed by atoms with Crippen molar-refractivity contribution in [2.45, 2.75) is 47.1 Å². The average molecular weight is 302 g/mol. The van der Waals surface area contributed by atoms with Gasteiger partial charge in [-0.1, -0.05) is 20.8 Å². The topological polar surface area (TPSA) is 89.9 Å². The highest BCUT2D eigenvalue weighted by molar-refractivity contribution is 5.87. The Morgan fingerprint density at radius 3 is 2.24 bits per heavy atom. The molecule has 0 radical (unpaired) electrons. The van der Waals surface area contributed by atoms with Crippen LogP contribution in [0.2, 0.25) is 0 Å². The Hall–Kier alpha value is -1.14. The zero-order chi connectivity index (χ0) is 16.6. The van der Waals surface area contributed by atoms with Gasteiger partial charge in [-0.2, -0.15) is 0 Å². The summed E-state index contributed by atoms with van der Waals surface area (Å²) in [6.45, 7) is 11.1. The zero-order valence-corrected chi connectivity index (χ0v) is 13.8. The van der Waals surface area contributed by atoms with Gasteiger partial charge in [0.25, 0.3) is 0 Å². The number of likely N-dealkylation sites (N-methyl/N-ethyl adjacent to an activating group) is 1. The predicted octanol–water partition coefficient (Wildman–Crippen LogP) is 0.942. The molecule has 0 heterocycles. The lowest BCUT2D eigenvalue weighted by molar-refractivity contribution is -0.144. The quantitative estimate of drug-likeness (QED) is 0.559.